The monoisotopic (exact) mass is 194 g/mol. The molecule has 0 bridgehead atoms. The van der Waals surface area contributed by atoms with E-state index in [1.807, 2.05) is 6.92 Å². The summed E-state index contributed by atoms with van der Waals surface area (Å²) in [6.45, 7) is 6.23. The minimum Gasteiger partial charge on any atom is -0.299 e. The molecule has 80 valence electrons. The molecule has 1 rings (SSSR count). The Morgan fingerprint density at radius 3 is 2.36 bits per heavy atom. The summed E-state index contributed by atoms with van der Waals surface area (Å²) in [6, 6.07) is 0. The fourth-order valence-electron chi connectivity index (χ4n) is 2.28. The van der Waals surface area contributed by atoms with Crippen molar-refractivity contribution in [2.75, 3.05) is 0 Å². The maximum Gasteiger partial charge on any atom is 0.138 e. The number of Topliss-reactive ketones (excluding diaryl/α,β-unsaturated/α-hetero) is 1. The smallest absolute Gasteiger partial charge is 0.138 e. The topological polar surface area (TPSA) is 17.1 Å². The third-order valence-electron chi connectivity index (χ3n) is 3.40. The van der Waals surface area contributed by atoms with Crippen molar-refractivity contribution < 1.29 is 4.79 Å². The highest BCUT2D eigenvalue weighted by Gasteiger charge is 2.41. The largest absolute Gasteiger partial charge is 0.299 e. The van der Waals surface area contributed by atoms with Crippen molar-refractivity contribution >= 4 is 5.78 Å². The first-order valence-corrected chi connectivity index (χ1v) is 5.77. The van der Waals surface area contributed by atoms with E-state index in [-0.39, 0.29) is 5.41 Å². The van der Waals surface area contributed by atoms with Crippen LogP contribution in [0.15, 0.2) is 11.6 Å². The van der Waals surface area contributed by atoms with Crippen LogP contribution in [0.3, 0.4) is 0 Å². The average Bonchev–Trinajstić information content (AvgIpc) is 2.08. The van der Waals surface area contributed by atoms with Gasteiger partial charge in [-0.2, -0.15) is 0 Å². The zero-order valence-corrected chi connectivity index (χ0v) is 9.73. The van der Waals surface area contributed by atoms with Crippen LogP contribution in [0.4, 0.5) is 0 Å². The van der Waals surface area contributed by atoms with Crippen molar-refractivity contribution in [2.45, 2.75) is 59.3 Å². The van der Waals surface area contributed by atoms with E-state index < -0.39 is 0 Å². The molecule has 0 unspecified atom stereocenters. The Bertz CT molecular complexity index is 230. The number of allylic oxidation sites excluding steroid dienone is 2. The molecule has 0 atom stereocenters. The third-order valence-corrected chi connectivity index (χ3v) is 3.40. The second-order valence-corrected chi connectivity index (χ2v) is 4.73. The Morgan fingerprint density at radius 2 is 2.00 bits per heavy atom. The fourth-order valence-corrected chi connectivity index (χ4v) is 2.28. The lowest BCUT2D eigenvalue weighted by Gasteiger charge is -2.40. The van der Waals surface area contributed by atoms with Crippen LogP contribution in [0.2, 0.25) is 0 Å². The Labute approximate surface area is 87.6 Å². The first-order chi connectivity index (χ1) is 6.60. The van der Waals surface area contributed by atoms with Crippen molar-refractivity contribution in [3.05, 3.63) is 11.6 Å². The van der Waals surface area contributed by atoms with Gasteiger partial charge in [0.15, 0.2) is 0 Å². The standard InChI is InChI=1S/C13H22O/c1-4-12(14)13(9-6-10-13)8-5-7-11(2)3/h7H,4-6,8-10H2,1-3H3. The quantitative estimate of drug-likeness (QED) is 0.607. The Balaban J connectivity index is 2.46. The summed E-state index contributed by atoms with van der Waals surface area (Å²) >= 11 is 0. The van der Waals surface area contributed by atoms with Gasteiger partial charge in [0.2, 0.25) is 0 Å². The van der Waals surface area contributed by atoms with Gasteiger partial charge in [0.05, 0.1) is 0 Å². The number of carbonyl (C=O) groups is 1. The molecule has 0 aromatic rings. The molecule has 1 nitrogen and oxygen atoms in total. The predicted molar refractivity (Wildman–Crippen MR) is 60.2 cm³/mol. The summed E-state index contributed by atoms with van der Waals surface area (Å²) in [5.74, 6) is 0.492. The number of carbonyl (C=O) groups excluding carboxylic acids is 1. The first kappa shape index (κ1) is 11.5. The molecule has 0 radical (unpaired) electrons. The minimum atomic E-state index is 0.0840. The summed E-state index contributed by atoms with van der Waals surface area (Å²) < 4.78 is 0. The normalized spacial score (nSPS) is 18.5. The molecule has 1 heteroatoms. The van der Waals surface area contributed by atoms with Crippen molar-refractivity contribution in [3.63, 3.8) is 0 Å². The van der Waals surface area contributed by atoms with Crippen LogP contribution in [0, 0.1) is 5.41 Å². The van der Waals surface area contributed by atoms with Crippen LogP contribution in [0.25, 0.3) is 0 Å². The van der Waals surface area contributed by atoms with Gasteiger partial charge in [-0.3, -0.25) is 4.79 Å². The molecule has 1 aliphatic rings. The molecule has 0 aliphatic heterocycles. The van der Waals surface area contributed by atoms with Crippen molar-refractivity contribution in [1.29, 1.82) is 0 Å². The number of ketones is 1. The van der Waals surface area contributed by atoms with Crippen molar-refractivity contribution in [3.8, 4) is 0 Å². The van der Waals surface area contributed by atoms with E-state index in [2.05, 4.69) is 19.9 Å². The maximum absolute atomic E-state index is 11.8. The number of rotatable bonds is 5. The van der Waals surface area contributed by atoms with Gasteiger partial charge in [-0.1, -0.05) is 25.0 Å². The van der Waals surface area contributed by atoms with Gasteiger partial charge in [0, 0.05) is 11.8 Å². The Hall–Kier alpha value is -0.590. The maximum atomic E-state index is 11.8. The molecule has 1 saturated carbocycles. The average molecular weight is 194 g/mol. The minimum absolute atomic E-state index is 0.0840. The molecule has 0 saturated heterocycles. The Morgan fingerprint density at radius 1 is 1.36 bits per heavy atom. The first-order valence-electron chi connectivity index (χ1n) is 5.77. The molecule has 0 amide bonds. The van der Waals surface area contributed by atoms with E-state index in [4.69, 9.17) is 0 Å². The van der Waals surface area contributed by atoms with Gasteiger partial charge >= 0.3 is 0 Å². The van der Waals surface area contributed by atoms with E-state index >= 15 is 0 Å². The summed E-state index contributed by atoms with van der Waals surface area (Å²) in [7, 11) is 0. The summed E-state index contributed by atoms with van der Waals surface area (Å²) in [5, 5.41) is 0. The summed E-state index contributed by atoms with van der Waals surface area (Å²) in [6.07, 6.45) is 8.64. The van der Waals surface area contributed by atoms with E-state index in [9.17, 15) is 4.79 Å². The zero-order chi connectivity index (χ0) is 10.6. The molecule has 0 heterocycles. The highest BCUT2D eigenvalue weighted by atomic mass is 16.1. The molecule has 14 heavy (non-hydrogen) atoms. The highest BCUT2D eigenvalue weighted by molar-refractivity contribution is 5.85. The Kier molecular flexibility index (Phi) is 3.91. The van der Waals surface area contributed by atoms with Crippen LogP contribution in [-0.4, -0.2) is 5.78 Å². The summed E-state index contributed by atoms with van der Waals surface area (Å²) in [5.41, 5.74) is 1.45. The molecule has 1 aliphatic carbocycles. The lowest BCUT2D eigenvalue weighted by Crippen LogP contribution is -2.37. The molecule has 0 aromatic heterocycles. The van der Waals surface area contributed by atoms with Crippen LogP contribution in [0.1, 0.15) is 59.3 Å². The second kappa shape index (κ2) is 4.77. The summed E-state index contributed by atoms with van der Waals surface area (Å²) in [4.78, 5) is 11.8. The van der Waals surface area contributed by atoms with Crippen LogP contribution in [-0.2, 0) is 4.79 Å². The molecular weight excluding hydrogens is 172 g/mol. The van der Waals surface area contributed by atoms with Gasteiger partial charge in [-0.05, 0) is 39.5 Å². The predicted octanol–water partition coefficient (Wildman–Crippen LogP) is 3.88. The van der Waals surface area contributed by atoms with Gasteiger partial charge in [0.1, 0.15) is 5.78 Å². The highest BCUT2D eigenvalue weighted by Crippen LogP contribution is 2.46. The third kappa shape index (κ3) is 2.46. The number of hydrogen-bond acceptors (Lipinski definition) is 1. The molecule has 0 spiro atoms. The molecular formula is C13H22O. The fraction of sp³-hybridized carbons (Fsp3) is 0.769. The van der Waals surface area contributed by atoms with Crippen LogP contribution >= 0.6 is 0 Å². The van der Waals surface area contributed by atoms with Crippen LogP contribution < -0.4 is 0 Å². The molecule has 0 N–H and O–H groups in total. The lowest BCUT2D eigenvalue weighted by atomic mass is 9.63. The molecule has 1 fully saturated rings. The van der Waals surface area contributed by atoms with Crippen molar-refractivity contribution in [1.82, 2.24) is 0 Å². The lowest BCUT2D eigenvalue weighted by molar-refractivity contribution is -0.133. The van der Waals surface area contributed by atoms with Crippen molar-refractivity contribution in [2.24, 2.45) is 5.41 Å². The second-order valence-electron chi connectivity index (χ2n) is 4.73. The van der Waals surface area contributed by atoms with Gasteiger partial charge in [-0.15, -0.1) is 0 Å². The van der Waals surface area contributed by atoms with E-state index in [1.165, 1.54) is 12.0 Å². The van der Waals surface area contributed by atoms with E-state index in [0.717, 1.165) is 32.1 Å². The zero-order valence-electron chi connectivity index (χ0n) is 9.73. The van der Waals surface area contributed by atoms with E-state index in [1.54, 1.807) is 0 Å². The van der Waals surface area contributed by atoms with Gasteiger partial charge in [-0.25, -0.2) is 0 Å². The SMILES string of the molecule is CCC(=O)C1(CCC=C(C)C)CCC1. The molecule has 0 aromatic carbocycles. The van der Waals surface area contributed by atoms with Gasteiger partial charge < -0.3 is 0 Å². The van der Waals surface area contributed by atoms with Crippen LogP contribution in [0.5, 0.6) is 0 Å². The number of hydrogen-bond donors (Lipinski definition) is 0. The van der Waals surface area contributed by atoms with E-state index in [0.29, 0.717) is 5.78 Å². The van der Waals surface area contributed by atoms with Gasteiger partial charge in [0.25, 0.3) is 0 Å².